The summed E-state index contributed by atoms with van der Waals surface area (Å²) in [4.78, 5) is 16.7. The van der Waals surface area contributed by atoms with Gasteiger partial charge in [0.2, 0.25) is 0 Å². The van der Waals surface area contributed by atoms with Crippen molar-refractivity contribution in [2.45, 2.75) is 19.9 Å². The molecule has 7 heteroatoms. The van der Waals surface area contributed by atoms with E-state index in [9.17, 15) is 4.79 Å². The molecular formula is C14H17ClN4OS. The maximum absolute atomic E-state index is 12.1. The SMILES string of the molecule is CCCNc1nc(N)c(C(=O)NCc2cccc(Cl)c2)s1. The van der Waals surface area contributed by atoms with Gasteiger partial charge in [-0.3, -0.25) is 4.79 Å². The Kier molecular flexibility index (Phi) is 5.41. The molecule has 1 amide bonds. The summed E-state index contributed by atoms with van der Waals surface area (Å²) >= 11 is 7.17. The minimum Gasteiger partial charge on any atom is -0.382 e. The van der Waals surface area contributed by atoms with Crippen molar-refractivity contribution in [2.24, 2.45) is 0 Å². The van der Waals surface area contributed by atoms with Crippen LogP contribution in [0.2, 0.25) is 5.02 Å². The lowest BCUT2D eigenvalue weighted by Crippen LogP contribution is -2.22. The van der Waals surface area contributed by atoms with E-state index in [0.29, 0.717) is 21.6 Å². The summed E-state index contributed by atoms with van der Waals surface area (Å²) in [5, 5.41) is 7.25. The van der Waals surface area contributed by atoms with Crippen LogP contribution in [0.25, 0.3) is 0 Å². The van der Waals surface area contributed by atoms with Gasteiger partial charge in [0.25, 0.3) is 5.91 Å². The third kappa shape index (κ3) is 4.34. The summed E-state index contributed by atoms with van der Waals surface area (Å²) in [6.45, 7) is 3.26. The summed E-state index contributed by atoms with van der Waals surface area (Å²) in [7, 11) is 0. The van der Waals surface area contributed by atoms with E-state index in [4.69, 9.17) is 17.3 Å². The Bertz CT molecular complexity index is 629. The minimum atomic E-state index is -0.227. The number of hydrogen-bond acceptors (Lipinski definition) is 5. The number of nitrogens with one attached hydrogen (secondary N) is 2. The third-order valence-electron chi connectivity index (χ3n) is 2.73. The molecule has 0 saturated carbocycles. The molecule has 21 heavy (non-hydrogen) atoms. The van der Waals surface area contributed by atoms with Crippen LogP contribution in [0, 0.1) is 0 Å². The average Bonchev–Trinajstić information content (AvgIpc) is 2.84. The number of hydrogen-bond donors (Lipinski definition) is 3. The van der Waals surface area contributed by atoms with E-state index in [1.165, 1.54) is 11.3 Å². The van der Waals surface area contributed by atoms with E-state index in [0.717, 1.165) is 18.5 Å². The molecular weight excluding hydrogens is 308 g/mol. The molecule has 0 atom stereocenters. The lowest BCUT2D eigenvalue weighted by molar-refractivity contribution is 0.0955. The number of nitrogens with zero attached hydrogens (tertiary/aromatic N) is 1. The normalized spacial score (nSPS) is 10.4. The predicted molar refractivity (Wildman–Crippen MR) is 87.9 cm³/mol. The van der Waals surface area contributed by atoms with Crippen molar-refractivity contribution in [3.05, 3.63) is 39.7 Å². The number of rotatable bonds is 6. The van der Waals surface area contributed by atoms with Crippen LogP contribution >= 0.6 is 22.9 Å². The molecule has 0 fully saturated rings. The van der Waals surface area contributed by atoms with Gasteiger partial charge >= 0.3 is 0 Å². The van der Waals surface area contributed by atoms with Crippen molar-refractivity contribution in [1.29, 1.82) is 0 Å². The highest BCUT2D eigenvalue weighted by molar-refractivity contribution is 7.18. The smallest absolute Gasteiger partial charge is 0.265 e. The Morgan fingerprint density at radius 2 is 2.29 bits per heavy atom. The first-order chi connectivity index (χ1) is 10.1. The molecule has 1 heterocycles. The van der Waals surface area contributed by atoms with Gasteiger partial charge in [-0.25, -0.2) is 4.98 Å². The minimum absolute atomic E-state index is 0.227. The van der Waals surface area contributed by atoms with Gasteiger partial charge in [-0.1, -0.05) is 42.0 Å². The summed E-state index contributed by atoms with van der Waals surface area (Å²) < 4.78 is 0. The number of nitrogens with two attached hydrogens (primary N) is 1. The summed E-state index contributed by atoms with van der Waals surface area (Å²) in [6, 6.07) is 7.35. The topological polar surface area (TPSA) is 80.0 Å². The molecule has 112 valence electrons. The lowest BCUT2D eigenvalue weighted by atomic mass is 10.2. The second kappa shape index (κ2) is 7.28. The summed E-state index contributed by atoms with van der Waals surface area (Å²) in [6.07, 6.45) is 0.982. The number of benzene rings is 1. The quantitative estimate of drug-likeness (QED) is 0.762. The third-order valence-corrected chi connectivity index (χ3v) is 3.99. The van der Waals surface area contributed by atoms with E-state index < -0.39 is 0 Å². The highest BCUT2D eigenvalue weighted by Gasteiger charge is 2.15. The number of anilines is 2. The number of amides is 1. The first-order valence-electron chi connectivity index (χ1n) is 6.63. The van der Waals surface area contributed by atoms with Crippen LogP contribution in [0.1, 0.15) is 28.6 Å². The van der Waals surface area contributed by atoms with Crippen LogP contribution in [-0.2, 0) is 6.54 Å². The van der Waals surface area contributed by atoms with Crippen molar-refractivity contribution in [1.82, 2.24) is 10.3 Å². The Hall–Kier alpha value is -1.79. The predicted octanol–water partition coefficient (Wildman–Crippen LogP) is 3.13. The molecule has 0 radical (unpaired) electrons. The molecule has 0 aliphatic rings. The number of aromatic nitrogens is 1. The molecule has 1 aromatic carbocycles. The van der Waals surface area contributed by atoms with Gasteiger partial charge in [-0.15, -0.1) is 0 Å². The van der Waals surface area contributed by atoms with E-state index >= 15 is 0 Å². The van der Waals surface area contributed by atoms with Gasteiger partial charge in [-0.05, 0) is 24.1 Å². The number of carbonyl (C=O) groups excluding carboxylic acids is 1. The van der Waals surface area contributed by atoms with Crippen LogP contribution in [0.4, 0.5) is 10.9 Å². The molecule has 2 aromatic rings. The Morgan fingerprint density at radius 1 is 1.48 bits per heavy atom. The van der Waals surface area contributed by atoms with E-state index in [1.807, 2.05) is 18.2 Å². The molecule has 1 aromatic heterocycles. The standard InChI is InChI=1S/C14H17ClN4OS/c1-2-6-17-14-19-12(16)11(21-14)13(20)18-8-9-4-3-5-10(15)7-9/h3-5,7H,2,6,8,16H2,1H3,(H,17,19)(H,18,20). The molecule has 0 saturated heterocycles. The van der Waals surface area contributed by atoms with Gasteiger partial charge in [0.05, 0.1) is 0 Å². The summed E-state index contributed by atoms with van der Waals surface area (Å²) in [5.74, 6) is 0.0247. The van der Waals surface area contributed by atoms with Gasteiger partial charge in [-0.2, -0.15) is 0 Å². The van der Waals surface area contributed by atoms with Crippen LogP contribution in [0.3, 0.4) is 0 Å². The van der Waals surface area contributed by atoms with Crippen LogP contribution in [-0.4, -0.2) is 17.4 Å². The first kappa shape index (κ1) is 15.6. The molecule has 0 aliphatic carbocycles. The Labute approximate surface area is 132 Å². The highest BCUT2D eigenvalue weighted by Crippen LogP contribution is 2.24. The largest absolute Gasteiger partial charge is 0.382 e. The lowest BCUT2D eigenvalue weighted by Gasteiger charge is -2.04. The molecule has 0 unspecified atom stereocenters. The maximum atomic E-state index is 12.1. The zero-order chi connectivity index (χ0) is 15.2. The summed E-state index contributed by atoms with van der Waals surface area (Å²) in [5.41, 5.74) is 6.72. The van der Waals surface area contributed by atoms with Crippen LogP contribution in [0.5, 0.6) is 0 Å². The molecule has 0 bridgehead atoms. The van der Waals surface area contributed by atoms with Crippen molar-refractivity contribution < 1.29 is 4.79 Å². The van der Waals surface area contributed by atoms with Crippen molar-refractivity contribution in [3.8, 4) is 0 Å². The second-order valence-electron chi connectivity index (χ2n) is 4.47. The number of halogens is 1. The molecule has 0 aliphatic heterocycles. The monoisotopic (exact) mass is 324 g/mol. The molecule has 0 spiro atoms. The fourth-order valence-corrected chi connectivity index (χ4v) is 2.75. The molecule has 2 rings (SSSR count). The van der Waals surface area contributed by atoms with Crippen LogP contribution in [0.15, 0.2) is 24.3 Å². The number of thiazole rings is 1. The second-order valence-corrected chi connectivity index (χ2v) is 5.91. The maximum Gasteiger partial charge on any atom is 0.265 e. The zero-order valence-electron chi connectivity index (χ0n) is 11.6. The number of carbonyl (C=O) groups is 1. The van der Waals surface area contributed by atoms with E-state index in [1.54, 1.807) is 6.07 Å². The fourth-order valence-electron chi connectivity index (χ4n) is 1.71. The molecule has 5 nitrogen and oxygen atoms in total. The van der Waals surface area contributed by atoms with Crippen LogP contribution < -0.4 is 16.4 Å². The average molecular weight is 325 g/mol. The Balaban J connectivity index is 1.98. The van der Waals surface area contributed by atoms with Crippen molar-refractivity contribution in [2.75, 3.05) is 17.6 Å². The zero-order valence-corrected chi connectivity index (χ0v) is 13.2. The van der Waals surface area contributed by atoms with E-state index in [2.05, 4.69) is 22.5 Å². The van der Waals surface area contributed by atoms with Crippen molar-refractivity contribution >= 4 is 39.8 Å². The molecule has 4 N–H and O–H groups in total. The Morgan fingerprint density at radius 3 is 3.00 bits per heavy atom. The van der Waals surface area contributed by atoms with E-state index in [-0.39, 0.29) is 11.7 Å². The van der Waals surface area contributed by atoms with Gasteiger partial charge in [0.15, 0.2) is 5.13 Å². The van der Waals surface area contributed by atoms with Gasteiger partial charge in [0.1, 0.15) is 10.7 Å². The highest BCUT2D eigenvalue weighted by atomic mass is 35.5. The number of nitrogen functional groups attached to an aromatic ring is 1. The van der Waals surface area contributed by atoms with Gasteiger partial charge in [0, 0.05) is 18.1 Å². The first-order valence-corrected chi connectivity index (χ1v) is 7.82. The fraction of sp³-hybridized carbons (Fsp3) is 0.286. The van der Waals surface area contributed by atoms with Crippen molar-refractivity contribution in [3.63, 3.8) is 0 Å². The van der Waals surface area contributed by atoms with Gasteiger partial charge < -0.3 is 16.4 Å².